The molecule has 4 nitrogen and oxygen atoms in total. The Morgan fingerprint density at radius 1 is 1.50 bits per heavy atom. The van der Waals surface area contributed by atoms with E-state index in [0.29, 0.717) is 19.8 Å². The number of benzene rings is 1. The zero-order chi connectivity index (χ0) is 12.8. The number of fused-ring (bicyclic) bond motifs is 2. The number of rotatable bonds is 2. The highest BCUT2D eigenvalue weighted by atomic mass is 19.1. The van der Waals surface area contributed by atoms with Crippen LogP contribution in [-0.2, 0) is 26.5 Å². The van der Waals surface area contributed by atoms with Crippen molar-refractivity contribution >= 4 is 5.97 Å². The molecule has 0 aliphatic carbocycles. The van der Waals surface area contributed by atoms with Gasteiger partial charge in [0.1, 0.15) is 5.60 Å². The second kappa shape index (κ2) is 4.03. The van der Waals surface area contributed by atoms with Gasteiger partial charge < -0.3 is 14.6 Å². The average molecular weight is 252 g/mol. The van der Waals surface area contributed by atoms with Crippen LogP contribution in [0.1, 0.15) is 29.3 Å². The van der Waals surface area contributed by atoms with Crippen molar-refractivity contribution in [2.45, 2.75) is 24.8 Å². The molecule has 2 unspecified atom stereocenters. The first-order valence-electron chi connectivity index (χ1n) is 5.84. The summed E-state index contributed by atoms with van der Waals surface area (Å²) in [5, 5.41) is 8.66. The van der Waals surface area contributed by atoms with E-state index < -0.39 is 17.7 Å². The molecular formula is C13H13FO4. The lowest BCUT2D eigenvalue weighted by atomic mass is 9.90. The summed E-state index contributed by atoms with van der Waals surface area (Å²) in [7, 11) is 0. The summed E-state index contributed by atoms with van der Waals surface area (Å²) in [4.78, 5) is 10.6. The van der Waals surface area contributed by atoms with E-state index in [1.807, 2.05) is 0 Å². The SMILES string of the molecule is O=C(O)C(F)c1ccc2c(c1)COC21CCOC1. The van der Waals surface area contributed by atoms with Crippen molar-refractivity contribution < 1.29 is 23.8 Å². The van der Waals surface area contributed by atoms with Crippen molar-refractivity contribution in [1.82, 2.24) is 0 Å². The minimum absolute atomic E-state index is 0.167. The lowest BCUT2D eigenvalue weighted by Gasteiger charge is -2.21. The average Bonchev–Trinajstić information content (AvgIpc) is 2.98. The first-order chi connectivity index (χ1) is 8.62. The van der Waals surface area contributed by atoms with Crippen LogP contribution in [0.3, 0.4) is 0 Å². The topological polar surface area (TPSA) is 55.8 Å². The van der Waals surface area contributed by atoms with Gasteiger partial charge >= 0.3 is 5.97 Å². The maximum absolute atomic E-state index is 13.4. The molecule has 0 aromatic heterocycles. The molecule has 1 spiro atoms. The van der Waals surface area contributed by atoms with Gasteiger partial charge in [-0.05, 0) is 22.8 Å². The molecule has 1 saturated heterocycles. The van der Waals surface area contributed by atoms with Crippen LogP contribution in [0.15, 0.2) is 18.2 Å². The van der Waals surface area contributed by atoms with Gasteiger partial charge in [0.15, 0.2) is 0 Å². The minimum atomic E-state index is -1.98. The highest BCUT2D eigenvalue weighted by Gasteiger charge is 2.43. The molecular weight excluding hydrogens is 239 g/mol. The Bertz CT molecular complexity index is 494. The number of halogens is 1. The van der Waals surface area contributed by atoms with Gasteiger partial charge in [0, 0.05) is 13.0 Å². The number of ether oxygens (including phenoxy) is 2. The molecule has 1 aromatic carbocycles. The quantitative estimate of drug-likeness (QED) is 0.873. The van der Waals surface area contributed by atoms with E-state index in [1.165, 1.54) is 6.07 Å². The van der Waals surface area contributed by atoms with E-state index in [0.717, 1.165) is 17.5 Å². The van der Waals surface area contributed by atoms with Crippen molar-refractivity contribution in [2.24, 2.45) is 0 Å². The summed E-state index contributed by atoms with van der Waals surface area (Å²) < 4.78 is 24.6. The van der Waals surface area contributed by atoms with Gasteiger partial charge in [-0.1, -0.05) is 12.1 Å². The number of carboxylic acid groups (broad SMARTS) is 1. The third-order valence-corrected chi connectivity index (χ3v) is 3.62. The van der Waals surface area contributed by atoms with E-state index in [2.05, 4.69) is 0 Å². The molecule has 96 valence electrons. The maximum atomic E-state index is 13.4. The molecule has 1 fully saturated rings. The molecule has 1 aromatic rings. The van der Waals surface area contributed by atoms with Crippen LogP contribution in [0.2, 0.25) is 0 Å². The zero-order valence-corrected chi connectivity index (χ0v) is 9.69. The van der Waals surface area contributed by atoms with Crippen LogP contribution in [0.4, 0.5) is 4.39 Å². The summed E-state index contributed by atoms with van der Waals surface area (Å²) in [6, 6.07) is 4.87. The van der Waals surface area contributed by atoms with Gasteiger partial charge in [-0.25, -0.2) is 9.18 Å². The number of hydrogen-bond acceptors (Lipinski definition) is 3. The maximum Gasteiger partial charge on any atom is 0.343 e. The third kappa shape index (κ3) is 1.62. The first kappa shape index (κ1) is 11.6. The summed E-state index contributed by atoms with van der Waals surface area (Å²) in [5.74, 6) is -1.47. The molecule has 0 bridgehead atoms. The van der Waals surface area contributed by atoms with Gasteiger partial charge in [-0.2, -0.15) is 0 Å². The zero-order valence-electron chi connectivity index (χ0n) is 9.69. The number of carbonyl (C=O) groups is 1. The van der Waals surface area contributed by atoms with Crippen molar-refractivity contribution in [3.8, 4) is 0 Å². The largest absolute Gasteiger partial charge is 0.479 e. The number of aliphatic carboxylic acids is 1. The fourth-order valence-corrected chi connectivity index (χ4v) is 2.64. The van der Waals surface area contributed by atoms with Crippen LogP contribution in [0.25, 0.3) is 0 Å². The van der Waals surface area contributed by atoms with Gasteiger partial charge in [-0.3, -0.25) is 0 Å². The fourth-order valence-electron chi connectivity index (χ4n) is 2.64. The fraction of sp³-hybridized carbons (Fsp3) is 0.462. The summed E-state index contributed by atoms with van der Waals surface area (Å²) in [5.41, 5.74) is 1.63. The highest BCUT2D eigenvalue weighted by Crippen LogP contribution is 2.43. The second-order valence-corrected chi connectivity index (χ2v) is 4.70. The normalized spacial score (nSPS) is 27.4. The van der Waals surface area contributed by atoms with Crippen LogP contribution in [0, 0.1) is 0 Å². The van der Waals surface area contributed by atoms with E-state index in [-0.39, 0.29) is 5.56 Å². The van der Waals surface area contributed by atoms with Gasteiger partial charge in [0.25, 0.3) is 0 Å². The molecule has 1 N–H and O–H groups in total. The van der Waals surface area contributed by atoms with Crippen molar-refractivity contribution in [3.63, 3.8) is 0 Å². The lowest BCUT2D eigenvalue weighted by molar-refractivity contribution is -0.143. The molecule has 18 heavy (non-hydrogen) atoms. The van der Waals surface area contributed by atoms with Crippen LogP contribution in [-0.4, -0.2) is 24.3 Å². The van der Waals surface area contributed by atoms with Crippen LogP contribution < -0.4 is 0 Å². The molecule has 0 amide bonds. The minimum Gasteiger partial charge on any atom is -0.479 e. The van der Waals surface area contributed by atoms with Crippen LogP contribution in [0.5, 0.6) is 0 Å². The van der Waals surface area contributed by atoms with E-state index in [4.69, 9.17) is 14.6 Å². The second-order valence-electron chi connectivity index (χ2n) is 4.70. The van der Waals surface area contributed by atoms with Gasteiger partial charge in [-0.15, -0.1) is 0 Å². The molecule has 2 aliphatic rings. The predicted octanol–water partition coefficient (Wildman–Crippen LogP) is 1.93. The van der Waals surface area contributed by atoms with E-state index in [1.54, 1.807) is 12.1 Å². The Morgan fingerprint density at radius 2 is 2.33 bits per heavy atom. The summed E-state index contributed by atoms with van der Waals surface area (Å²) in [6.07, 6.45) is -1.19. The Balaban J connectivity index is 1.97. The number of carboxylic acids is 1. The van der Waals surface area contributed by atoms with Gasteiger partial charge in [0.2, 0.25) is 6.17 Å². The number of hydrogen-bond donors (Lipinski definition) is 1. The lowest BCUT2D eigenvalue weighted by Crippen LogP contribution is -2.25. The smallest absolute Gasteiger partial charge is 0.343 e. The third-order valence-electron chi connectivity index (χ3n) is 3.62. The number of alkyl halides is 1. The first-order valence-corrected chi connectivity index (χ1v) is 5.84. The molecule has 2 heterocycles. The summed E-state index contributed by atoms with van der Waals surface area (Å²) >= 11 is 0. The van der Waals surface area contributed by atoms with E-state index in [9.17, 15) is 9.18 Å². The molecule has 2 atom stereocenters. The van der Waals surface area contributed by atoms with Crippen molar-refractivity contribution in [1.29, 1.82) is 0 Å². The van der Waals surface area contributed by atoms with Crippen molar-refractivity contribution in [2.75, 3.05) is 13.2 Å². The summed E-state index contributed by atoms with van der Waals surface area (Å²) in [6.45, 7) is 1.55. The Morgan fingerprint density at radius 3 is 3.00 bits per heavy atom. The monoisotopic (exact) mass is 252 g/mol. The Hall–Kier alpha value is -1.46. The molecule has 3 rings (SSSR count). The highest BCUT2D eigenvalue weighted by molar-refractivity contribution is 5.74. The standard InChI is InChI=1S/C13H13FO4/c14-11(12(15)16)8-1-2-10-9(5-8)6-18-13(10)3-4-17-7-13/h1-2,5,11H,3-4,6-7H2,(H,15,16). The predicted molar refractivity (Wildman–Crippen MR) is 59.8 cm³/mol. The van der Waals surface area contributed by atoms with Crippen LogP contribution >= 0.6 is 0 Å². The molecule has 0 radical (unpaired) electrons. The van der Waals surface area contributed by atoms with Crippen molar-refractivity contribution in [3.05, 3.63) is 34.9 Å². The van der Waals surface area contributed by atoms with Gasteiger partial charge in [0.05, 0.1) is 13.2 Å². The molecule has 0 saturated carbocycles. The molecule has 5 heteroatoms. The Kier molecular flexibility index (Phi) is 2.60. The van der Waals surface area contributed by atoms with E-state index >= 15 is 0 Å². The Labute approximate surface area is 103 Å². The molecule has 2 aliphatic heterocycles.